The van der Waals surface area contributed by atoms with Crippen LogP contribution in [0, 0.1) is 0 Å². The van der Waals surface area contributed by atoms with Gasteiger partial charge in [0.1, 0.15) is 5.75 Å². The summed E-state index contributed by atoms with van der Waals surface area (Å²) < 4.78 is 7.64. The molecule has 2 aromatic carbocycles. The Morgan fingerprint density at radius 3 is 2.76 bits per heavy atom. The summed E-state index contributed by atoms with van der Waals surface area (Å²) in [5.74, 6) is 0.702. The third kappa shape index (κ3) is 4.85. The molecular formula is C24H22Cl2N4O3S. The zero-order valence-electron chi connectivity index (χ0n) is 18.2. The highest BCUT2D eigenvalue weighted by Gasteiger charge is 2.20. The summed E-state index contributed by atoms with van der Waals surface area (Å²) in [6.07, 6.45) is 2.36. The van der Waals surface area contributed by atoms with E-state index >= 15 is 0 Å². The zero-order chi connectivity index (χ0) is 23.7. The number of hydrogen-bond acceptors (Lipinski definition) is 5. The highest BCUT2D eigenvalue weighted by Crippen LogP contribution is 2.33. The minimum absolute atomic E-state index is 0.0205. The number of ether oxygens (including phenoxy) is 1. The van der Waals surface area contributed by atoms with E-state index in [2.05, 4.69) is 9.88 Å². The van der Waals surface area contributed by atoms with Gasteiger partial charge < -0.3 is 19.5 Å². The van der Waals surface area contributed by atoms with Gasteiger partial charge in [0.2, 0.25) is 5.91 Å². The van der Waals surface area contributed by atoms with E-state index in [1.165, 1.54) is 11.3 Å². The summed E-state index contributed by atoms with van der Waals surface area (Å²) in [5, 5.41) is 5.84. The number of likely N-dealkylation sites (tertiary alicyclic amines) is 1. The van der Waals surface area contributed by atoms with Crippen LogP contribution < -0.4 is 14.9 Å². The number of aromatic nitrogens is 1. The highest BCUT2D eigenvalue weighted by atomic mass is 35.5. The van der Waals surface area contributed by atoms with Gasteiger partial charge in [-0.1, -0.05) is 23.2 Å². The number of anilines is 1. The standard InChI is InChI=1S/C24H22Cl2N4O3S/c25-17-6-5-16(12-18(17)26)27-24-30(10-2-9-29-8-1-3-23(29)32)20(14-34-24)15-4-7-21-19(11-15)28-22(31)13-33-21/h4-7,11-12,14H,1-3,8-10,13H2,(H,28,31). The lowest BCUT2D eigenvalue weighted by atomic mass is 10.1. The maximum atomic E-state index is 12.0. The summed E-state index contributed by atoms with van der Waals surface area (Å²) in [6.45, 7) is 2.24. The number of halogens is 2. The molecule has 0 atom stereocenters. The van der Waals surface area contributed by atoms with E-state index in [1.807, 2.05) is 34.5 Å². The van der Waals surface area contributed by atoms with Gasteiger partial charge >= 0.3 is 0 Å². The molecule has 2 amide bonds. The molecule has 3 heterocycles. The molecular weight excluding hydrogens is 495 g/mol. The van der Waals surface area contributed by atoms with E-state index in [0.717, 1.165) is 35.4 Å². The Labute approximate surface area is 210 Å². The lowest BCUT2D eigenvalue weighted by Crippen LogP contribution is -2.27. The number of benzene rings is 2. The van der Waals surface area contributed by atoms with Crippen LogP contribution in [0.1, 0.15) is 19.3 Å². The summed E-state index contributed by atoms with van der Waals surface area (Å²) in [4.78, 5) is 31.4. The molecule has 0 aliphatic carbocycles. The Kier molecular flexibility index (Phi) is 6.63. The average molecular weight is 517 g/mol. The Morgan fingerprint density at radius 1 is 1.09 bits per heavy atom. The fraction of sp³-hybridized carbons (Fsp3) is 0.292. The second kappa shape index (κ2) is 9.82. The Hall–Kier alpha value is -2.81. The van der Waals surface area contributed by atoms with Crippen molar-refractivity contribution in [1.29, 1.82) is 0 Å². The van der Waals surface area contributed by atoms with Crippen LogP contribution >= 0.6 is 34.5 Å². The molecule has 2 aliphatic heterocycles. The van der Waals surface area contributed by atoms with Crippen molar-refractivity contribution in [3.8, 4) is 17.0 Å². The predicted octanol–water partition coefficient (Wildman–Crippen LogP) is 5.10. The van der Waals surface area contributed by atoms with E-state index in [9.17, 15) is 9.59 Å². The number of nitrogens with zero attached hydrogens (tertiary/aromatic N) is 3. The third-order valence-electron chi connectivity index (χ3n) is 5.81. The number of carbonyl (C=O) groups is 2. The number of thiazole rings is 1. The largest absolute Gasteiger partial charge is 0.482 e. The van der Waals surface area contributed by atoms with Crippen molar-refractivity contribution in [3.05, 3.63) is 56.6 Å². The molecule has 0 saturated carbocycles. The molecule has 0 radical (unpaired) electrons. The first-order valence-electron chi connectivity index (χ1n) is 11.0. The molecule has 34 heavy (non-hydrogen) atoms. The van der Waals surface area contributed by atoms with Crippen molar-refractivity contribution in [2.24, 2.45) is 4.99 Å². The van der Waals surface area contributed by atoms with E-state index in [4.69, 9.17) is 32.9 Å². The van der Waals surface area contributed by atoms with Crippen molar-refractivity contribution < 1.29 is 14.3 Å². The highest BCUT2D eigenvalue weighted by molar-refractivity contribution is 7.07. The third-order valence-corrected chi connectivity index (χ3v) is 7.42. The number of nitrogens with one attached hydrogen (secondary N) is 1. The van der Waals surface area contributed by atoms with Gasteiger partial charge in [0.05, 0.1) is 27.1 Å². The molecule has 3 aromatic rings. The fourth-order valence-corrected chi connectivity index (χ4v) is 5.38. The normalized spacial score (nSPS) is 15.9. The number of amides is 2. The molecule has 0 spiro atoms. The van der Waals surface area contributed by atoms with E-state index in [-0.39, 0.29) is 18.4 Å². The van der Waals surface area contributed by atoms with Crippen LogP contribution in [0.4, 0.5) is 11.4 Å². The van der Waals surface area contributed by atoms with E-state index < -0.39 is 0 Å². The Balaban J connectivity index is 1.50. The smallest absolute Gasteiger partial charge is 0.262 e. The lowest BCUT2D eigenvalue weighted by molar-refractivity contribution is -0.127. The number of carbonyl (C=O) groups excluding carboxylic acids is 2. The molecule has 1 N–H and O–H groups in total. The van der Waals surface area contributed by atoms with Crippen LogP contribution in [-0.2, 0) is 16.1 Å². The van der Waals surface area contributed by atoms with Gasteiger partial charge in [-0.25, -0.2) is 4.99 Å². The van der Waals surface area contributed by atoms with E-state index in [0.29, 0.717) is 46.7 Å². The van der Waals surface area contributed by atoms with Crippen LogP contribution in [0.2, 0.25) is 10.0 Å². The molecule has 1 saturated heterocycles. The van der Waals surface area contributed by atoms with Crippen LogP contribution in [0.15, 0.2) is 46.8 Å². The van der Waals surface area contributed by atoms with Crippen LogP contribution in [0.3, 0.4) is 0 Å². The maximum Gasteiger partial charge on any atom is 0.262 e. The fourth-order valence-electron chi connectivity index (χ4n) is 4.13. The van der Waals surface area contributed by atoms with Crippen LogP contribution in [-0.4, -0.2) is 41.0 Å². The van der Waals surface area contributed by atoms with Gasteiger partial charge in [-0.2, -0.15) is 0 Å². The van der Waals surface area contributed by atoms with Crippen LogP contribution in [0.5, 0.6) is 5.75 Å². The second-order valence-electron chi connectivity index (χ2n) is 8.15. The molecule has 176 valence electrons. The molecule has 2 aliphatic rings. The summed E-state index contributed by atoms with van der Waals surface area (Å²) in [6, 6.07) is 11.0. The minimum Gasteiger partial charge on any atom is -0.482 e. The van der Waals surface area contributed by atoms with Crippen molar-refractivity contribution >= 4 is 57.7 Å². The molecule has 1 fully saturated rings. The molecule has 0 bridgehead atoms. The summed E-state index contributed by atoms with van der Waals surface area (Å²) >= 11 is 13.8. The van der Waals surface area contributed by atoms with Crippen LogP contribution in [0.25, 0.3) is 11.3 Å². The second-order valence-corrected chi connectivity index (χ2v) is 9.80. The Morgan fingerprint density at radius 2 is 1.97 bits per heavy atom. The lowest BCUT2D eigenvalue weighted by Gasteiger charge is -2.19. The first kappa shape index (κ1) is 23.0. The number of hydrogen-bond donors (Lipinski definition) is 1. The summed E-state index contributed by atoms with van der Waals surface area (Å²) in [7, 11) is 0. The predicted molar refractivity (Wildman–Crippen MR) is 134 cm³/mol. The quantitative estimate of drug-likeness (QED) is 0.495. The number of fused-ring (bicyclic) bond motifs is 1. The number of rotatable bonds is 6. The molecule has 5 rings (SSSR count). The average Bonchev–Trinajstić information content (AvgIpc) is 3.42. The van der Waals surface area contributed by atoms with Gasteiger partial charge in [-0.15, -0.1) is 11.3 Å². The van der Waals surface area contributed by atoms with Gasteiger partial charge in [-0.3, -0.25) is 9.59 Å². The van der Waals surface area contributed by atoms with Crippen molar-refractivity contribution in [3.63, 3.8) is 0 Å². The van der Waals surface area contributed by atoms with Gasteiger partial charge in [0.25, 0.3) is 5.91 Å². The first-order chi connectivity index (χ1) is 16.5. The molecule has 0 unspecified atom stereocenters. The molecule has 7 nitrogen and oxygen atoms in total. The van der Waals surface area contributed by atoms with Crippen molar-refractivity contribution in [1.82, 2.24) is 9.47 Å². The monoisotopic (exact) mass is 516 g/mol. The maximum absolute atomic E-state index is 12.0. The van der Waals surface area contributed by atoms with E-state index in [1.54, 1.807) is 12.1 Å². The summed E-state index contributed by atoms with van der Waals surface area (Å²) in [5.41, 5.74) is 3.27. The molecule has 10 heteroatoms. The minimum atomic E-state index is -0.173. The first-order valence-corrected chi connectivity index (χ1v) is 12.6. The van der Waals surface area contributed by atoms with Crippen molar-refractivity contribution in [2.75, 3.05) is 25.0 Å². The zero-order valence-corrected chi connectivity index (χ0v) is 20.6. The Bertz CT molecular complexity index is 1330. The molecule has 1 aromatic heterocycles. The van der Waals surface area contributed by atoms with Crippen molar-refractivity contribution in [2.45, 2.75) is 25.8 Å². The van der Waals surface area contributed by atoms with Gasteiger partial charge in [0, 0.05) is 37.0 Å². The van der Waals surface area contributed by atoms with Gasteiger partial charge in [0.15, 0.2) is 11.4 Å². The SMILES string of the molecule is O=C1COc2ccc(-c3csc(=Nc4ccc(Cl)c(Cl)c4)n3CCCN3CCCC3=O)cc2N1. The van der Waals surface area contributed by atoms with Gasteiger partial charge in [-0.05, 0) is 49.2 Å². The topological polar surface area (TPSA) is 75.9 Å².